The van der Waals surface area contributed by atoms with Gasteiger partial charge >= 0.3 is 0 Å². The molecule has 0 atom stereocenters. The zero-order valence-corrected chi connectivity index (χ0v) is 12.6. The molecule has 0 unspecified atom stereocenters. The van der Waals surface area contributed by atoms with Crippen molar-refractivity contribution >= 4 is 10.0 Å². The maximum absolute atomic E-state index is 12.5. The van der Waals surface area contributed by atoms with Crippen LogP contribution in [0.2, 0.25) is 0 Å². The van der Waals surface area contributed by atoms with Crippen LogP contribution in [0.3, 0.4) is 0 Å². The normalized spacial score (nSPS) is 19.3. The van der Waals surface area contributed by atoms with Gasteiger partial charge in [-0.2, -0.15) is 0 Å². The molecule has 0 bridgehead atoms. The van der Waals surface area contributed by atoms with Gasteiger partial charge in [0.25, 0.3) is 0 Å². The van der Waals surface area contributed by atoms with E-state index in [4.69, 9.17) is 0 Å². The SMILES string of the molecule is Cc1cc(C)cc(S(=O)(=O)NC2(C)CCNCC2)c1. The van der Waals surface area contributed by atoms with Crippen LogP contribution in [0.5, 0.6) is 0 Å². The fourth-order valence-electron chi connectivity index (χ4n) is 2.55. The van der Waals surface area contributed by atoms with Gasteiger partial charge in [0.1, 0.15) is 0 Å². The van der Waals surface area contributed by atoms with Crippen LogP contribution in [-0.2, 0) is 10.0 Å². The summed E-state index contributed by atoms with van der Waals surface area (Å²) in [6.07, 6.45) is 1.63. The van der Waals surface area contributed by atoms with Gasteiger partial charge in [0, 0.05) is 5.54 Å². The van der Waals surface area contributed by atoms with Crippen LogP contribution in [0.15, 0.2) is 23.1 Å². The zero-order valence-electron chi connectivity index (χ0n) is 11.8. The smallest absolute Gasteiger partial charge is 0.241 e. The second-order valence-corrected chi connectivity index (χ2v) is 7.42. The molecule has 0 radical (unpaired) electrons. The molecule has 0 aromatic heterocycles. The molecule has 1 heterocycles. The first-order valence-electron chi connectivity index (χ1n) is 6.64. The van der Waals surface area contributed by atoms with E-state index < -0.39 is 10.0 Å². The summed E-state index contributed by atoms with van der Waals surface area (Å²) in [6, 6.07) is 5.42. The minimum absolute atomic E-state index is 0.346. The van der Waals surface area contributed by atoms with Crippen LogP contribution in [0.1, 0.15) is 30.9 Å². The van der Waals surface area contributed by atoms with E-state index in [0.29, 0.717) is 4.90 Å². The number of hydrogen-bond acceptors (Lipinski definition) is 3. The third-order valence-corrected chi connectivity index (χ3v) is 5.21. The Hall–Kier alpha value is -0.910. The molecule has 1 aliphatic rings. The highest BCUT2D eigenvalue weighted by atomic mass is 32.2. The summed E-state index contributed by atoms with van der Waals surface area (Å²) in [7, 11) is -3.44. The van der Waals surface area contributed by atoms with Crippen LogP contribution < -0.4 is 10.0 Å². The first-order valence-corrected chi connectivity index (χ1v) is 8.12. The van der Waals surface area contributed by atoms with Gasteiger partial charge in [0.05, 0.1) is 4.90 Å². The summed E-state index contributed by atoms with van der Waals surface area (Å²) in [5.41, 5.74) is 1.59. The van der Waals surface area contributed by atoms with Gasteiger partial charge in [-0.1, -0.05) is 6.07 Å². The van der Waals surface area contributed by atoms with Gasteiger partial charge in [-0.05, 0) is 70.0 Å². The third-order valence-electron chi connectivity index (χ3n) is 3.59. The van der Waals surface area contributed by atoms with Gasteiger partial charge in [-0.25, -0.2) is 13.1 Å². The van der Waals surface area contributed by atoms with Crippen LogP contribution in [0, 0.1) is 13.8 Å². The molecule has 19 heavy (non-hydrogen) atoms. The summed E-state index contributed by atoms with van der Waals surface area (Å²) in [5.74, 6) is 0. The van der Waals surface area contributed by atoms with Gasteiger partial charge < -0.3 is 5.32 Å². The Balaban J connectivity index is 2.27. The van der Waals surface area contributed by atoms with Crippen molar-refractivity contribution in [3.8, 4) is 0 Å². The highest BCUT2D eigenvalue weighted by molar-refractivity contribution is 7.89. The average Bonchev–Trinajstić information content (AvgIpc) is 2.27. The lowest BCUT2D eigenvalue weighted by Crippen LogP contribution is -2.52. The van der Waals surface area contributed by atoms with E-state index >= 15 is 0 Å². The Morgan fingerprint density at radius 3 is 2.16 bits per heavy atom. The molecule has 1 aromatic carbocycles. The number of benzene rings is 1. The van der Waals surface area contributed by atoms with E-state index in [2.05, 4.69) is 10.0 Å². The van der Waals surface area contributed by atoms with Crippen molar-refractivity contribution in [3.63, 3.8) is 0 Å². The topological polar surface area (TPSA) is 58.2 Å². The lowest BCUT2D eigenvalue weighted by atomic mass is 9.92. The van der Waals surface area contributed by atoms with Crippen LogP contribution in [-0.4, -0.2) is 27.0 Å². The average molecular weight is 282 g/mol. The van der Waals surface area contributed by atoms with Crippen molar-refractivity contribution in [2.75, 3.05) is 13.1 Å². The maximum Gasteiger partial charge on any atom is 0.241 e. The molecule has 1 aromatic rings. The Morgan fingerprint density at radius 1 is 1.11 bits per heavy atom. The van der Waals surface area contributed by atoms with Crippen molar-refractivity contribution in [3.05, 3.63) is 29.3 Å². The van der Waals surface area contributed by atoms with Crippen LogP contribution >= 0.6 is 0 Å². The van der Waals surface area contributed by atoms with Crippen molar-refractivity contribution < 1.29 is 8.42 Å². The molecular formula is C14H22N2O2S. The summed E-state index contributed by atoms with van der Waals surface area (Å²) < 4.78 is 27.8. The van der Waals surface area contributed by atoms with Crippen molar-refractivity contribution in [1.29, 1.82) is 0 Å². The Bertz CT molecular complexity index is 541. The highest BCUT2D eigenvalue weighted by Gasteiger charge is 2.32. The number of rotatable bonds is 3. The fourth-order valence-corrected chi connectivity index (χ4v) is 4.20. The number of nitrogens with one attached hydrogen (secondary N) is 2. The molecule has 1 aliphatic heterocycles. The molecule has 0 saturated carbocycles. The minimum Gasteiger partial charge on any atom is -0.317 e. The quantitative estimate of drug-likeness (QED) is 0.887. The molecule has 2 N–H and O–H groups in total. The summed E-state index contributed by atoms with van der Waals surface area (Å²) in [4.78, 5) is 0.366. The predicted molar refractivity (Wildman–Crippen MR) is 76.7 cm³/mol. The number of aryl methyl sites for hydroxylation is 2. The number of hydrogen-bond donors (Lipinski definition) is 2. The molecule has 4 nitrogen and oxygen atoms in total. The van der Waals surface area contributed by atoms with Crippen molar-refractivity contribution in [1.82, 2.24) is 10.0 Å². The van der Waals surface area contributed by atoms with Crippen LogP contribution in [0.4, 0.5) is 0 Å². The van der Waals surface area contributed by atoms with E-state index in [9.17, 15) is 8.42 Å². The first-order chi connectivity index (χ1) is 8.81. The number of sulfonamides is 1. The fraction of sp³-hybridized carbons (Fsp3) is 0.571. The van der Waals surface area contributed by atoms with E-state index in [0.717, 1.165) is 37.1 Å². The van der Waals surface area contributed by atoms with Gasteiger partial charge in [0.15, 0.2) is 0 Å². The summed E-state index contributed by atoms with van der Waals surface area (Å²) >= 11 is 0. The summed E-state index contributed by atoms with van der Waals surface area (Å²) in [5, 5.41) is 3.25. The second kappa shape index (κ2) is 5.23. The molecule has 0 spiro atoms. The van der Waals surface area contributed by atoms with Crippen molar-refractivity contribution in [2.24, 2.45) is 0 Å². The Labute approximate surface area is 115 Å². The van der Waals surface area contributed by atoms with E-state index in [1.165, 1.54) is 0 Å². The summed E-state index contributed by atoms with van der Waals surface area (Å²) in [6.45, 7) is 7.52. The molecule has 2 rings (SSSR count). The predicted octanol–water partition coefficient (Wildman–Crippen LogP) is 1.72. The molecule has 1 saturated heterocycles. The minimum atomic E-state index is -3.44. The molecule has 1 fully saturated rings. The van der Waals surface area contributed by atoms with Gasteiger partial charge in [-0.3, -0.25) is 0 Å². The molecular weight excluding hydrogens is 260 g/mol. The molecule has 0 aliphatic carbocycles. The number of piperidine rings is 1. The maximum atomic E-state index is 12.5. The van der Waals surface area contributed by atoms with E-state index in [1.807, 2.05) is 26.8 Å². The molecule has 106 valence electrons. The lowest BCUT2D eigenvalue weighted by Gasteiger charge is -2.34. The highest BCUT2D eigenvalue weighted by Crippen LogP contribution is 2.22. The second-order valence-electron chi connectivity index (χ2n) is 5.74. The van der Waals surface area contributed by atoms with E-state index in [1.54, 1.807) is 12.1 Å². The van der Waals surface area contributed by atoms with Gasteiger partial charge in [-0.15, -0.1) is 0 Å². The first kappa shape index (κ1) is 14.5. The van der Waals surface area contributed by atoms with Gasteiger partial charge in [0.2, 0.25) is 10.0 Å². The largest absolute Gasteiger partial charge is 0.317 e. The molecule has 5 heteroatoms. The van der Waals surface area contributed by atoms with Crippen LogP contribution in [0.25, 0.3) is 0 Å². The van der Waals surface area contributed by atoms with E-state index in [-0.39, 0.29) is 5.54 Å². The molecule has 0 amide bonds. The third kappa shape index (κ3) is 3.55. The van der Waals surface area contributed by atoms with Crippen molar-refractivity contribution in [2.45, 2.75) is 44.0 Å². The lowest BCUT2D eigenvalue weighted by molar-refractivity contribution is 0.308. The monoisotopic (exact) mass is 282 g/mol. The Kier molecular flexibility index (Phi) is 3.99. The Morgan fingerprint density at radius 2 is 1.63 bits per heavy atom. The standard InChI is InChI=1S/C14H22N2O2S/c1-11-8-12(2)10-13(9-11)19(17,18)16-14(3)4-6-15-7-5-14/h8-10,15-16H,4-7H2,1-3H3. The zero-order chi connectivity index (χ0) is 14.1.